The van der Waals surface area contributed by atoms with E-state index in [0.717, 1.165) is 0 Å². The normalized spacial score (nSPS) is 12.8. The molecule has 0 radical (unpaired) electrons. The second-order valence-corrected chi connectivity index (χ2v) is 7.08. The molecular formula is C11H11F7N3O3P. The summed E-state index contributed by atoms with van der Waals surface area (Å²) in [5.41, 5.74) is -1.56. The molecule has 0 aromatic carbocycles. The van der Waals surface area contributed by atoms with Gasteiger partial charge in [0.2, 0.25) is 0 Å². The number of halogens is 7. The number of hydrogen-bond acceptors (Lipinski definition) is 5. The van der Waals surface area contributed by atoms with Crippen LogP contribution >= 0.6 is 7.37 Å². The first kappa shape index (κ1) is 21.0. The first-order chi connectivity index (χ1) is 11.2. The average Bonchev–Trinajstić information content (AvgIpc) is 2.36. The minimum absolute atomic E-state index is 0.0329. The summed E-state index contributed by atoms with van der Waals surface area (Å²) in [7, 11) is -5.50. The number of nitrogens with one attached hydrogen (secondary N) is 1. The lowest BCUT2D eigenvalue weighted by Gasteiger charge is -2.22. The summed E-state index contributed by atoms with van der Waals surface area (Å²) in [5, 5.41) is 2.27. The summed E-state index contributed by atoms with van der Waals surface area (Å²) in [6.45, 7) is 3.26. The van der Waals surface area contributed by atoms with Gasteiger partial charge in [-0.05, 0) is 0 Å². The summed E-state index contributed by atoms with van der Waals surface area (Å²) in [6.07, 6.45) is -14.1. The molecule has 0 spiro atoms. The number of alkyl halides is 6. The summed E-state index contributed by atoms with van der Waals surface area (Å²) in [6, 6.07) is 0. The predicted octanol–water partition coefficient (Wildman–Crippen LogP) is 2.81. The van der Waals surface area contributed by atoms with Crippen molar-refractivity contribution in [3.05, 3.63) is 35.2 Å². The second-order valence-electron chi connectivity index (χ2n) is 4.66. The monoisotopic (exact) mass is 397 g/mol. The van der Waals surface area contributed by atoms with Crippen molar-refractivity contribution in [3.63, 3.8) is 0 Å². The fourth-order valence-corrected chi connectivity index (χ4v) is 3.35. The third-order valence-electron chi connectivity index (χ3n) is 2.34. The molecule has 0 aliphatic carbocycles. The molecule has 6 nitrogen and oxygen atoms in total. The van der Waals surface area contributed by atoms with Crippen molar-refractivity contribution in [2.75, 3.05) is 24.2 Å². The van der Waals surface area contributed by atoms with Gasteiger partial charge in [-0.15, -0.1) is 11.3 Å². The molecule has 142 valence electrons. The van der Waals surface area contributed by atoms with Crippen LogP contribution < -0.4 is 15.6 Å². The molecule has 0 saturated carbocycles. The lowest BCUT2D eigenvalue weighted by molar-refractivity contribution is -0.115. The van der Waals surface area contributed by atoms with E-state index in [1.165, 1.54) is 6.08 Å². The molecule has 0 unspecified atom stereocenters. The quantitative estimate of drug-likeness (QED) is 0.435. The van der Waals surface area contributed by atoms with Crippen LogP contribution in [0, 0.1) is 5.82 Å². The zero-order valence-corrected chi connectivity index (χ0v) is 13.1. The van der Waals surface area contributed by atoms with E-state index < -0.39 is 49.4 Å². The highest BCUT2D eigenvalue weighted by Gasteiger charge is 2.48. The van der Waals surface area contributed by atoms with Gasteiger partial charge >= 0.3 is 18.0 Å². The van der Waals surface area contributed by atoms with E-state index in [1.807, 2.05) is 0 Å². The Kier molecular flexibility index (Phi) is 6.27. The number of hydrogen-bond donors (Lipinski definition) is 1. The first-order valence-corrected chi connectivity index (χ1v) is 8.30. The van der Waals surface area contributed by atoms with Gasteiger partial charge in [-0.25, -0.2) is 9.18 Å². The smallest absolute Gasteiger partial charge is 0.364 e. The highest BCUT2D eigenvalue weighted by molar-refractivity contribution is 7.59. The molecule has 0 fully saturated rings. The Bertz CT molecular complexity index is 709. The molecule has 0 saturated heterocycles. The van der Waals surface area contributed by atoms with E-state index in [1.54, 1.807) is 0 Å². The molecule has 0 bridgehead atoms. The van der Waals surface area contributed by atoms with E-state index in [2.05, 4.69) is 21.5 Å². The average molecular weight is 397 g/mol. The van der Waals surface area contributed by atoms with E-state index in [0.29, 0.717) is 0 Å². The van der Waals surface area contributed by atoms with Gasteiger partial charge in [0.05, 0.1) is 6.20 Å². The van der Waals surface area contributed by atoms with Crippen molar-refractivity contribution in [2.24, 2.45) is 0 Å². The molecule has 0 amide bonds. The van der Waals surface area contributed by atoms with Crippen LogP contribution in [0.2, 0.25) is 0 Å². The molecule has 1 N–H and O–H groups in total. The van der Waals surface area contributed by atoms with Gasteiger partial charge in [0, 0.05) is 6.54 Å². The second kappa shape index (κ2) is 7.46. The van der Waals surface area contributed by atoms with Crippen molar-refractivity contribution >= 4 is 13.2 Å². The molecular weight excluding hydrogens is 386 g/mol. The van der Waals surface area contributed by atoms with Crippen molar-refractivity contribution in [3.8, 4) is 0 Å². The van der Waals surface area contributed by atoms with Gasteiger partial charge in [-0.2, -0.15) is 31.3 Å². The summed E-state index contributed by atoms with van der Waals surface area (Å²) >= 11 is 0. The Balaban J connectivity index is 3.20. The summed E-state index contributed by atoms with van der Waals surface area (Å²) in [5.74, 6) is -1.96. The molecule has 0 atom stereocenters. The van der Waals surface area contributed by atoms with E-state index in [4.69, 9.17) is 0 Å². The lowest BCUT2D eigenvalue weighted by Crippen LogP contribution is -2.33. The van der Waals surface area contributed by atoms with E-state index >= 15 is 0 Å². The van der Waals surface area contributed by atoms with Crippen LogP contribution in [0.4, 0.5) is 36.6 Å². The molecule has 0 aliphatic heterocycles. The van der Waals surface area contributed by atoms with Gasteiger partial charge in [0.25, 0.3) is 7.37 Å². The Morgan fingerprint density at radius 2 is 1.76 bits per heavy atom. The Morgan fingerprint density at radius 1 is 1.24 bits per heavy atom. The molecule has 0 aliphatic rings. The van der Waals surface area contributed by atoms with E-state index in [9.17, 15) is 40.1 Å². The minimum Gasteiger partial charge on any atom is -0.364 e. The SMILES string of the molecule is C=CCNc1nc(=O)n(OP(=O)(CC(F)(F)F)CC(F)(F)F)cc1F. The van der Waals surface area contributed by atoms with Crippen LogP contribution in [-0.4, -0.2) is 40.9 Å². The van der Waals surface area contributed by atoms with Crippen LogP contribution in [0.5, 0.6) is 0 Å². The fourth-order valence-electron chi connectivity index (χ4n) is 1.59. The molecule has 1 heterocycles. The molecule has 14 heteroatoms. The maximum absolute atomic E-state index is 13.7. The molecule has 1 aromatic heterocycles. The van der Waals surface area contributed by atoms with Crippen LogP contribution in [0.1, 0.15) is 0 Å². The maximum Gasteiger partial charge on any atom is 0.399 e. The number of rotatable bonds is 7. The van der Waals surface area contributed by atoms with Gasteiger partial charge < -0.3 is 9.94 Å². The highest BCUT2D eigenvalue weighted by atomic mass is 31.2. The lowest BCUT2D eigenvalue weighted by atomic mass is 10.5. The van der Waals surface area contributed by atoms with Crippen LogP contribution in [0.25, 0.3) is 0 Å². The van der Waals surface area contributed by atoms with Crippen LogP contribution in [-0.2, 0) is 4.57 Å². The number of anilines is 1. The standard InChI is InChI=1S/C11H11F7N3O3P/c1-2-3-19-8-7(12)4-21(9(22)20-8)24-25(23,5-10(13,14)15)6-11(16,17)18/h2,4H,1,3,5-6H2,(H,19,20,22). The van der Waals surface area contributed by atoms with Crippen molar-refractivity contribution < 1.29 is 39.9 Å². The van der Waals surface area contributed by atoms with Crippen LogP contribution in [0.3, 0.4) is 0 Å². The molecule has 1 rings (SSSR count). The maximum atomic E-state index is 13.7. The summed E-state index contributed by atoms with van der Waals surface area (Å²) < 4.78 is 104. The van der Waals surface area contributed by atoms with Gasteiger partial charge in [-0.1, -0.05) is 6.08 Å². The van der Waals surface area contributed by atoms with Crippen molar-refractivity contribution in [2.45, 2.75) is 12.4 Å². The van der Waals surface area contributed by atoms with Crippen molar-refractivity contribution in [1.82, 2.24) is 9.71 Å². The van der Waals surface area contributed by atoms with Crippen molar-refractivity contribution in [1.29, 1.82) is 0 Å². The molecule has 1 aromatic rings. The Hall–Kier alpha value is -2.04. The zero-order chi connectivity index (χ0) is 19.5. The Labute approximate surface area is 135 Å². The largest absolute Gasteiger partial charge is 0.399 e. The topological polar surface area (TPSA) is 73.2 Å². The molecule has 25 heavy (non-hydrogen) atoms. The first-order valence-electron chi connectivity index (χ1n) is 6.30. The summed E-state index contributed by atoms with van der Waals surface area (Å²) in [4.78, 5) is 14.6. The predicted molar refractivity (Wildman–Crippen MR) is 73.2 cm³/mol. The van der Waals surface area contributed by atoms with Gasteiger partial charge in [0.1, 0.15) is 12.3 Å². The fraction of sp³-hybridized carbons (Fsp3) is 0.455. The third kappa shape index (κ3) is 7.16. The number of nitrogens with zero attached hydrogens (tertiary/aromatic N) is 2. The minimum atomic E-state index is -5.50. The van der Waals surface area contributed by atoms with Gasteiger partial charge in [0.15, 0.2) is 11.6 Å². The van der Waals surface area contributed by atoms with Crippen LogP contribution in [0.15, 0.2) is 23.6 Å². The highest BCUT2D eigenvalue weighted by Crippen LogP contribution is 2.51. The van der Waals surface area contributed by atoms with E-state index in [-0.39, 0.29) is 17.5 Å². The van der Waals surface area contributed by atoms with Gasteiger partial charge in [-0.3, -0.25) is 4.57 Å². The third-order valence-corrected chi connectivity index (χ3v) is 4.50. The number of aromatic nitrogens is 2. The zero-order valence-electron chi connectivity index (χ0n) is 12.2. The Morgan fingerprint density at radius 3 is 2.20 bits per heavy atom.